The molecule has 3 aromatic carbocycles. The first kappa shape index (κ1) is 29.9. The molecule has 5 nitrogen and oxygen atoms in total. The van der Waals surface area contributed by atoms with E-state index in [0.717, 1.165) is 46.5 Å². The normalized spacial score (nSPS) is 17.6. The van der Waals surface area contributed by atoms with Gasteiger partial charge in [-0.05, 0) is 96.4 Å². The second-order valence-electron chi connectivity index (χ2n) is 13.7. The quantitative estimate of drug-likeness (QED) is 0.181. The molecule has 3 aliphatic rings. The first-order valence-corrected chi connectivity index (χ1v) is 15.9. The maximum atomic E-state index is 13.5. The Morgan fingerprint density at radius 2 is 1.59 bits per heavy atom. The highest BCUT2D eigenvalue weighted by molar-refractivity contribution is 6.00. The minimum atomic E-state index is -0.321. The third-order valence-electron chi connectivity index (χ3n) is 9.31. The molecule has 0 N–H and O–H groups in total. The second kappa shape index (κ2) is 10.5. The summed E-state index contributed by atoms with van der Waals surface area (Å²) in [6.07, 6.45) is 4.48. The Bertz CT molecular complexity index is 1910. The van der Waals surface area contributed by atoms with Crippen LogP contribution in [0.4, 0.5) is 5.69 Å². The molecule has 0 aliphatic carbocycles. The maximum Gasteiger partial charge on any atom is 0.339 e. The smallest absolute Gasteiger partial charge is 0.339 e. The topological polar surface area (TPSA) is 41.8 Å². The van der Waals surface area contributed by atoms with Crippen LogP contribution in [0.3, 0.4) is 0 Å². The van der Waals surface area contributed by atoms with Crippen molar-refractivity contribution in [2.75, 3.05) is 18.0 Å². The number of benzene rings is 3. The molecule has 0 bridgehead atoms. The molecule has 0 saturated carbocycles. The van der Waals surface area contributed by atoms with Crippen LogP contribution in [-0.2, 0) is 4.74 Å². The number of hydrogen-bond donors (Lipinski definition) is 0. The molecular formula is C39H45N2O3+. The average Bonchev–Trinajstić information content (AvgIpc) is 2.93. The molecule has 0 spiro atoms. The summed E-state index contributed by atoms with van der Waals surface area (Å²) in [6.45, 7) is 23.3. The fourth-order valence-corrected chi connectivity index (χ4v) is 7.63. The third kappa shape index (κ3) is 4.68. The number of fused-ring (bicyclic) bond motifs is 4. The van der Waals surface area contributed by atoms with Crippen LogP contribution in [0, 0.1) is 0 Å². The summed E-state index contributed by atoms with van der Waals surface area (Å²) in [7, 11) is 0. The molecule has 3 aromatic rings. The van der Waals surface area contributed by atoms with Crippen LogP contribution < -0.4 is 24.8 Å². The van der Waals surface area contributed by atoms with E-state index in [1.807, 2.05) is 38.1 Å². The van der Waals surface area contributed by atoms with Gasteiger partial charge in [-0.3, -0.25) is 0 Å². The summed E-state index contributed by atoms with van der Waals surface area (Å²) in [5, 5.41) is 2.15. The van der Waals surface area contributed by atoms with Gasteiger partial charge in [0.15, 0.2) is 5.54 Å². The number of anilines is 1. The van der Waals surface area contributed by atoms with E-state index < -0.39 is 0 Å². The van der Waals surface area contributed by atoms with Crippen molar-refractivity contribution >= 4 is 28.4 Å². The van der Waals surface area contributed by atoms with Crippen molar-refractivity contribution in [2.24, 2.45) is 0 Å². The van der Waals surface area contributed by atoms with Crippen LogP contribution in [-0.4, -0.2) is 36.2 Å². The number of allylic oxidation sites excluding steroid dienone is 2. The highest BCUT2D eigenvalue weighted by atomic mass is 16.5. The van der Waals surface area contributed by atoms with Gasteiger partial charge in [-0.2, -0.15) is 0 Å². The number of carbonyl (C=O) groups excluding carboxylic acids is 1. The minimum Gasteiger partial charge on any atom is -0.459 e. The predicted molar refractivity (Wildman–Crippen MR) is 181 cm³/mol. The van der Waals surface area contributed by atoms with Crippen molar-refractivity contribution in [3.8, 4) is 11.5 Å². The SMILES string of the molecule is CCN1c2cc3c(cc2C(C)=CC1(C)C)C(c1ccccc1C(=O)OC(C)C)=c1cc2c(cc1O3)=[N+](CC)C(C)(C)C=C2C. The molecule has 0 atom stereocenters. The van der Waals surface area contributed by atoms with Gasteiger partial charge in [-0.15, -0.1) is 0 Å². The third-order valence-corrected chi connectivity index (χ3v) is 9.31. The Balaban J connectivity index is 1.75. The van der Waals surface area contributed by atoms with Gasteiger partial charge < -0.3 is 14.4 Å². The standard InChI is InChI=1S/C39H45N2O3/c1-11-40-32-19-34-30(17-28(32)24(5)21-38(40,7)8)36(26-15-13-14-16-27(26)37(42)43-23(3)4)31-18-29-25(6)22-39(9,10)41(12-2)33(29)20-35(31)44-34/h13-23H,11-12H2,1-10H3/q+1. The fraction of sp³-hybridized carbons (Fsp3) is 0.385. The molecule has 3 heterocycles. The lowest BCUT2D eigenvalue weighted by molar-refractivity contribution is 0.0377. The molecule has 6 rings (SSSR count). The monoisotopic (exact) mass is 589 g/mol. The van der Waals surface area contributed by atoms with Gasteiger partial charge in [0.1, 0.15) is 18.0 Å². The van der Waals surface area contributed by atoms with Crippen molar-refractivity contribution in [1.29, 1.82) is 0 Å². The minimum absolute atomic E-state index is 0.122. The maximum absolute atomic E-state index is 13.5. The van der Waals surface area contributed by atoms with Crippen LogP contribution in [0.1, 0.15) is 102 Å². The molecular weight excluding hydrogens is 544 g/mol. The molecule has 0 fully saturated rings. The lowest BCUT2D eigenvalue weighted by Crippen LogP contribution is -2.49. The van der Waals surface area contributed by atoms with Crippen molar-refractivity contribution < 1.29 is 14.3 Å². The molecule has 0 saturated heterocycles. The van der Waals surface area contributed by atoms with Gasteiger partial charge in [0.2, 0.25) is 5.36 Å². The van der Waals surface area contributed by atoms with Crippen molar-refractivity contribution in [1.82, 2.24) is 4.58 Å². The number of nitrogens with zero attached hydrogens (tertiary/aromatic N) is 2. The van der Waals surface area contributed by atoms with E-state index in [2.05, 4.69) is 101 Å². The van der Waals surface area contributed by atoms with E-state index >= 15 is 0 Å². The molecule has 0 aromatic heterocycles. The largest absolute Gasteiger partial charge is 0.459 e. The van der Waals surface area contributed by atoms with Crippen LogP contribution in [0.25, 0.3) is 16.7 Å². The number of rotatable bonds is 5. The number of ether oxygens (including phenoxy) is 2. The van der Waals surface area contributed by atoms with Gasteiger partial charge in [0.25, 0.3) is 0 Å². The van der Waals surface area contributed by atoms with Gasteiger partial charge in [-0.1, -0.05) is 24.3 Å². The van der Waals surface area contributed by atoms with E-state index in [1.54, 1.807) is 0 Å². The molecule has 0 unspecified atom stereocenters. The molecule has 0 radical (unpaired) electrons. The Labute approximate surface area is 261 Å². The van der Waals surface area contributed by atoms with Gasteiger partial charge in [0, 0.05) is 59.6 Å². The summed E-state index contributed by atoms with van der Waals surface area (Å²) in [5.41, 5.74) is 9.13. The van der Waals surface area contributed by atoms with Crippen molar-refractivity contribution in [3.05, 3.63) is 99.1 Å². The second-order valence-corrected chi connectivity index (χ2v) is 13.7. The molecule has 228 valence electrons. The van der Waals surface area contributed by atoms with Gasteiger partial charge >= 0.3 is 5.97 Å². The first-order chi connectivity index (χ1) is 20.8. The lowest BCUT2D eigenvalue weighted by atomic mass is 9.83. The number of esters is 1. The number of hydrogen-bond acceptors (Lipinski definition) is 4. The summed E-state index contributed by atoms with van der Waals surface area (Å²) in [5.74, 6) is 1.28. The molecule has 5 heteroatoms. The molecule has 0 amide bonds. The number of carbonyl (C=O) groups is 1. The lowest BCUT2D eigenvalue weighted by Gasteiger charge is -2.43. The fourth-order valence-electron chi connectivity index (χ4n) is 7.63. The van der Waals surface area contributed by atoms with Gasteiger partial charge in [0.05, 0.1) is 23.3 Å². The highest BCUT2D eigenvalue weighted by Crippen LogP contribution is 2.46. The van der Waals surface area contributed by atoms with Crippen molar-refractivity contribution in [3.63, 3.8) is 0 Å². The van der Waals surface area contributed by atoms with Crippen LogP contribution in [0.5, 0.6) is 11.5 Å². The van der Waals surface area contributed by atoms with E-state index in [9.17, 15) is 4.79 Å². The van der Waals surface area contributed by atoms with Crippen LogP contribution >= 0.6 is 0 Å². The Kier molecular flexibility index (Phi) is 7.14. The van der Waals surface area contributed by atoms with Gasteiger partial charge in [-0.25, -0.2) is 9.37 Å². The zero-order valence-corrected chi connectivity index (χ0v) is 27.9. The highest BCUT2D eigenvalue weighted by Gasteiger charge is 2.36. The average molecular weight is 590 g/mol. The molecule has 44 heavy (non-hydrogen) atoms. The summed E-state index contributed by atoms with van der Waals surface area (Å²) in [4.78, 5) is 16.0. The Morgan fingerprint density at radius 3 is 2.27 bits per heavy atom. The van der Waals surface area contributed by atoms with Crippen molar-refractivity contribution in [2.45, 2.75) is 86.4 Å². The summed E-state index contributed by atoms with van der Waals surface area (Å²) < 4.78 is 15.1. The number of likely N-dealkylation sites (N-methyl/N-ethyl adjacent to an activating group) is 2. The van der Waals surface area contributed by atoms with E-state index in [1.165, 1.54) is 33.3 Å². The molecule has 3 aliphatic heterocycles. The summed E-state index contributed by atoms with van der Waals surface area (Å²) in [6, 6.07) is 16.8. The zero-order valence-electron chi connectivity index (χ0n) is 27.9. The van der Waals surface area contributed by atoms with E-state index in [-0.39, 0.29) is 23.2 Å². The predicted octanol–water partition coefficient (Wildman–Crippen LogP) is 7.33. The zero-order chi connectivity index (χ0) is 31.7. The van der Waals surface area contributed by atoms with Crippen LogP contribution in [0.15, 0.2) is 60.7 Å². The van der Waals surface area contributed by atoms with E-state index in [0.29, 0.717) is 5.56 Å². The first-order valence-electron chi connectivity index (χ1n) is 15.9. The van der Waals surface area contributed by atoms with E-state index in [4.69, 9.17) is 9.47 Å². The van der Waals surface area contributed by atoms with Crippen LogP contribution in [0.2, 0.25) is 0 Å². The summed E-state index contributed by atoms with van der Waals surface area (Å²) >= 11 is 0. The Hall–Kier alpha value is -4.12. The Morgan fingerprint density at radius 1 is 0.886 bits per heavy atom.